The van der Waals surface area contributed by atoms with Crippen molar-refractivity contribution < 1.29 is 19.1 Å². The highest BCUT2D eigenvalue weighted by molar-refractivity contribution is 7.11. The number of urea groups is 1. The first-order valence-electron chi connectivity index (χ1n) is 13.1. The highest BCUT2D eigenvalue weighted by Gasteiger charge is 2.22. The fraction of sp³-hybridized carbons (Fsp3) is 0.400. The normalized spacial score (nSPS) is 10.7. The number of hydrogen-bond donors (Lipinski definition) is 1. The second kappa shape index (κ2) is 14.8. The Kier molecular flexibility index (Phi) is 11.5. The summed E-state index contributed by atoms with van der Waals surface area (Å²) in [6.45, 7) is 7.48. The van der Waals surface area contributed by atoms with E-state index in [1.54, 1.807) is 36.5 Å². The monoisotopic (exact) mass is 571 g/mol. The zero-order valence-electron chi connectivity index (χ0n) is 23.4. The first-order valence-corrected chi connectivity index (χ1v) is 14.3. The lowest BCUT2D eigenvalue weighted by molar-refractivity contribution is -0.132. The SMILES string of the molecule is CCCCN(CC(=O)N(CCc1ccc(OC)c(OC)c1)Cc1ccc(C)s1)C(=O)Nc1ccc(C)c(Cl)c1. The molecule has 0 atom stereocenters. The Morgan fingerprint density at radius 2 is 1.72 bits per heavy atom. The summed E-state index contributed by atoms with van der Waals surface area (Å²) < 4.78 is 10.8. The molecule has 2 aromatic carbocycles. The molecule has 3 rings (SSSR count). The van der Waals surface area contributed by atoms with Crippen molar-refractivity contribution in [1.82, 2.24) is 9.80 Å². The summed E-state index contributed by atoms with van der Waals surface area (Å²) in [5.74, 6) is 1.21. The maximum Gasteiger partial charge on any atom is 0.322 e. The van der Waals surface area contributed by atoms with Gasteiger partial charge in [-0.25, -0.2) is 4.79 Å². The molecular formula is C30H38ClN3O4S. The van der Waals surface area contributed by atoms with Crippen molar-refractivity contribution in [3.05, 3.63) is 74.4 Å². The number of anilines is 1. The number of halogens is 1. The number of amides is 3. The zero-order valence-corrected chi connectivity index (χ0v) is 25.0. The van der Waals surface area contributed by atoms with Crippen LogP contribution >= 0.6 is 22.9 Å². The van der Waals surface area contributed by atoms with Crippen LogP contribution in [0.25, 0.3) is 0 Å². The number of methoxy groups -OCH3 is 2. The lowest BCUT2D eigenvalue weighted by atomic mass is 10.1. The van der Waals surface area contributed by atoms with E-state index in [1.165, 1.54) is 4.88 Å². The van der Waals surface area contributed by atoms with Crippen molar-refractivity contribution in [2.75, 3.05) is 39.2 Å². The van der Waals surface area contributed by atoms with Crippen LogP contribution in [0.15, 0.2) is 48.5 Å². The van der Waals surface area contributed by atoms with Gasteiger partial charge >= 0.3 is 6.03 Å². The third kappa shape index (κ3) is 8.90. The summed E-state index contributed by atoms with van der Waals surface area (Å²) >= 11 is 7.92. The Labute approximate surface area is 240 Å². The molecule has 0 saturated heterocycles. The van der Waals surface area contributed by atoms with Gasteiger partial charge in [0.2, 0.25) is 5.91 Å². The standard InChI is InChI=1S/C30H38ClN3O4S/c1-6-7-15-34(30(36)32-24-11-8-21(2)26(31)18-24)20-29(35)33(19-25-12-9-22(3)39-25)16-14-23-10-13-27(37-4)28(17-23)38-5/h8-13,17-18H,6-7,14-16,19-20H2,1-5H3,(H,32,36). The molecule has 1 N–H and O–H groups in total. The van der Waals surface area contributed by atoms with E-state index in [4.69, 9.17) is 21.1 Å². The van der Waals surface area contributed by atoms with Crippen LogP contribution in [0.5, 0.6) is 11.5 Å². The summed E-state index contributed by atoms with van der Waals surface area (Å²) in [5, 5.41) is 3.49. The number of benzene rings is 2. The molecule has 0 unspecified atom stereocenters. The van der Waals surface area contributed by atoms with E-state index in [-0.39, 0.29) is 18.5 Å². The van der Waals surface area contributed by atoms with Crippen LogP contribution in [0.4, 0.5) is 10.5 Å². The molecule has 210 valence electrons. The molecule has 1 heterocycles. The van der Waals surface area contributed by atoms with Gasteiger partial charge in [-0.3, -0.25) is 4.79 Å². The molecule has 0 aliphatic rings. The first kappa shape index (κ1) is 30.3. The van der Waals surface area contributed by atoms with Gasteiger partial charge in [0.1, 0.15) is 6.54 Å². The number of hydrogen-bond acceptors (Lipinski definition) is 5. The second-order valence-corrected chi connectivity index (χ2v) is 11.2. The van der Waals surface area contributed by atoms with Crippen LogP contribution < -0.4 is 14.8 Å². The lowest BCUT2D eigenvalue weighted by Crippen LogP contribution is -2.45. The van der Waals surface area contributed by atoms with Gasteiger partial charge in [0.25, 0.3) is 0 Å². The Morgan fingerprint density at radius 1 is 0.949 bits per heavy atom. The van der Waals surface area contributed by atoms with Gasteiger partial charge in [-0.15, -0.1) is 11.3 Å². The number of thiophene rings is 1. The van der Waals surface area contributed by atoms with Crippen LogP contribution in [0.2, 0.25) is 5.02 Å². The maximum absolute atomic E-state index is 13.7. The molecule has 9 heteroatoms. The molecular weight excluding hydrogens is 534 g/mol. The first-order chi connectivity index (χ1) is 18.7. The van der Waals surface area contributed by atoms with Crippen LogP contribution in [-0.4, -0.2) is 55.6 Å². The van der Waals surface area contributed by atoms with E-state index >= 15 is 0 Å². The van der Waals surface area contributed by atoms with Crippen molar-refractivity contribution in [2.45, 2.75) is 46.6 Å². The minimum absolute atomic E-state index is 0.0122. The van der Waals surface area contributed by atoms with Crippen LogP contribution in [0, 0.1) is 13.8 Å². The topological polar surface area (TPSA) is 71.1 Å². The molecule has 0 radical (unpaired) electrons. The molecule has 0 fully saturated rings. The van der Waals surface area contributed by atoms with Gasteiger partial charge in [0.15, 0.2) is 11.5 Å². The van der Waals surface area contributed by atoms with Crippen LogP contribution in [0.1, 0.15) is 40.6 Å². The number of carbonyl (C=O) groups is 2. The number of ether oxygens (including phenoxy) is 2. The number of nitrogens with one attached hydrogen (secondary N) is 1. The predicted molar refractivity (Wildman–Crippen MR) is 159 cm³/mol. The Hall–Kier alpha value is -3.23. The minimum atomic E-state index is -0.316. The quantitative estimate of drug-likeness (QED) is 0.241. The molecule has 39 heavy (non-hydrogen) atoms. The Morgan fingerprint density at radius 3 is 2.36 bits per heavy atom. The van der Waals surface area contributed by atoms with Crippen molar-refractivity contribution in [3.8, 4) is 11.5 Å². The van der Waals surface area contributed by atoms with E-state index in [9.17, 15) is 9.59 Å². The van der Waals surface area contributed by atoms with Crippen LogP contribution in [0.3, 0.4) is 0 Å². The molecule has 0 spiro atoms. The molecule has 0 aliphatic heterocycles. The average molecular weight is 572 g/mol. The van der Waals surface area contributed by atoms with E-state index in [2.05, 4.69) is 31.3 Å². The molecule has 3 aromatic rings. The van der Waals surface area contributed by atoms with Crippen molar-refractivity contribution >= 4 is 40.6 Å². The van der Waals surface area contributed by atoms with Gasteiger partial charge in [-0.05, 0) is 74.2 Å². The van der Waals surface area contributed by atoms with Crippen molar-refractivity contribution in [2.24, 2.45) is 0 Å². The number of aryl methyl sites for hydroxylation is 2. The molecule has 0 aliphatic carbocycles. The molecule has 0 bridgehead atoms. The van der Waals surface area contributed by atoms with Crippen molar-refractivity contribution in [3.63, 3.8) is 0 Å². The lowest BCUT2D eigenvalue weighted by Gasteiger charge is -2.28. The zero-order chi connectivity index (χ0) is 28.4. The second-order valence-electron chi connectivity index (χ2n) is 9.44. The summed E-state index contributed by atoms with van der Waals surface area (Å²) in [6.07, 6.45) is 2.34. The Bertz CT molecular complexity index is 1260. The summed E-state index contributed by atoms with van der Waals surface area (Å²) in [7, 11) is 3.21. The molecule has 0 saturated carbocycles. The number of carbonyl (C=O) groups excluding carboxylic acids is 2. The molecule has 3 amide bonds. The predicted octanol–water partition coefficient (Wildman–Crippen LogP) is 6.94. The van der Waals surface area contributed by atoms with Gasteiger partial charge in [-0.2, -0.15) is 0 Å². The van der Waals surface area contributed by atoms with E-state index < -0.39 is 0 Å². The molecule has 1 aromatic heterocycles. The Balaban J connectivity index is 1.76. The van der Waals surface area contributed by atoms with E-state index in [1.807, 2.05) is 42.2 Å². The van der Waals surface area contributed by atoms with Gasteiger partial charge in [-0.1, -0.05) is 37.1 Å². The fourth-order valence-electron chi connectivity index (χ4n) is 4.09. The smallest absolute Gasteiger partial charge is 0.322 e. The summed E-state index contributed by atoms with van der Waals surface area (Å²) in [5.41, 5.74) is 2.56. The number of unbranched alkanes of at least 4 members (excludes halogenated alkanes) is 1. The maximum atomic E-state index is 13.7. The van der Waals surface area contributed by atoms with Crippen LogP contribution in [-0.2, 0) is 17.8 Å². The third-order valence-corrected chi connectivity index (χ3v) is 7.82. The number of nitrogens with zero attached hydrogens (tertiary/aromatic N) is 2. The van der Waals surface area contributed by atoms with E-state index in [0.29, 0.717) is 48.3 Å². The van der Waals surface area contributed by atoms with Crippen molar-refractivity contribution in [1.29, 1.82) is 0 Å². The third-order valence-electron chi connectivity index (χ3n) is 6.43. The summed E-state index contributed by atoms with van der Waals surface area (Å²) in [4.78, 5) is 32.6. The highest BCUT2D eigenvalue weighted by Crippen LogP contribution is 2.28. The number of rotatable bonds is 13. The van der Waals surface area contributed by atoms with E-state index in [0.717, 1.165) is 28.8 Å². The van der Waals surface area contributed by atoms with Gasteiger partial charge in [0.05, 0.1) is 20.8 Å². The minimum Gasteiger partial charge on any atom is -0.493 e. The van der Waals surface area contributed by atoms with Gasteiger partial charge < -0.3 is 24.6 Å². The van der Waals surface area contributed by atoms with Gasteiger partial charge in [0, 0.05) is 33.6 Å². The molecule has 7 nitrogen and oxygen atoms in total. The fourth-order valence-corrected chi connectivity index (χ4v) is 5.17. The summed E-state index contributed by atoms with van der Waals surface area (Å²) in [6, 6.07) is 15.0. The largest absolute Gasteiger partial charge is 0.493 e. The average Bonchev–Trinajstić information content (AvgIpc) is 3.34. The highest BCUT2D eigenvalue weighted by atomic mass is 35.5.